The zero-order valence-electron chi connectivity index (χ0n) is 13.7. The van der Waals surface area contributed by atoms with E-state index in [1.807, 2.05) is 32.0 Å². The third-order valence-corrected chi connectivity index (χ3v) is 4.10. The summed E-state index contributed by atoms with van der Waals surface area (Å²) in [7, 11) is 0. The van der Waals surface area contributed by atoms with E-state index in [1.165, 1.54) is 24.3 Å². The molecule has 122 valence electrons. The molecule has 3 nitrogen and oxygen atoms in total. The highest BCUT2D eigenvalue weighted by Crippen LogP contribution is 2.20. The Morgan fingerprint density at radius 1 is 1.04 bits per heavy atom. The van der Waals surface area contributed by atoms with Crippen LogP contribution in [0.5, 0.6) is 0 Å². The van der Waals surface area contributed by atoms with Gasteiger partial charge in [0.25, 0.3) is 5.91 Å². The number of para-hydroxylation sites is 1. The fourth-order valence-electron chi connectivity index (χ4n) is 2.86. The molecule has 0 saturated carbocycles. The minimum Gasteiger partial charge on any atom is -0.348 e. The molecule has 1 aromatic heterocycles. The molecule has 0 aliphatic heterocycles. The van der Waals surface area contributed by atoms with Gasteiger partial charge in [-0.15, -0.1) is 0 Å². The normalized spacial score (nSPS) is 10.6. The van der Waals surface area contributed by atoms with Gasteiger partial charge < -0.3 is 9.88 Å². The molecular weight excluding hydrogens is 303 g/mol. The lowest BCUT2D eigenvalue weighted by atomic mass is 10.2. The quantitative estimate of drug-likeness (QED) is 0.769. The van der Waals surface area contributed by atoms with Crippen LogP contribution in [0.3, 0.4) is 0 Å². The Bertz CT molecular complexity index is 851. The first kappa shape index (κ1) is 16.0. The van der Waals surface area contributed by atoms with Crippen molar-refractivity contribution in [3.63, 3.8) is 0 Å². The van der Waals surface area contributed by atoms with Crippen LogP contribution in [0.1, 0.15) is 27.3 Å². The molecule has 0 unspecified atom stereocenters. The van der Waals surface area contributed by atoms with Crippen molar-refractivity contribution in [2.75, 3.05) is 0 Å². The number of aromatic nitrogens is 1. The third kappa shape index (κ3) is 3.23. The Morgan fingerprint density at radius 3 is 2.38 bits per heavy atom. The maximum atomic E-state index is 12.9. The van der Waals surface area contributed by atoms with Crippen molar-refractivity contribution in [1.29, 1.82) is 0 Å². The number of nitrogens with one attached hydrogen (secondary N) is 1. The first-order valence-corrected chi connectivity index (χ1v) is 7.83. The van der Waals surface area contributed by atoms with E-state index < -0.39 is 0 Å². The second kappa shape index (κ2) is 6.71. The summed E-state index contributed by atoms with van der Waals surface area (Å²) in [5.74, 6) is -0.558. The number of halogens is 1. The predicted molar refractivity (Wildman–Crippen MR) is 92.8 cm³/mol. The molecule has 0 spiro atoms. The molecule has 3 rings (SSSR count). The molecule has 0 aliphatic rings. The summed E-state index contributed by atoms with van der Waals surface area (Å²) >= 11 is 0. The van der Waals surface area contributed by atoms with Gasteiger partial charge in [-0.1, -0.05) is 18.2 Å². The fraction of sp³-hybridized carbons (Fsp3) is 0.150. The SMILES string of the molecule is Cc1cc(CNC(=O)c2ccc(F)cc2)c(C)n1-c1ccccc1. The van der Waals surface area contributed by atoms with E-state index in [1.54, 1.807) is 0 Å². The standard InChI is InChI=1S/C20H19FN2O/c1-14-12-17(15(2)23(14)19-6-4-3-5-7-19)13-22-20(24)16-8-10-18(21)11-9-16/h3-12H,13H2,1-2H3,(H,22,24). The van der Waals surface area contributed by atoms with E-state index in [0.29, 0.717) is 12.1 Å². The molecule has 0 bridgehead atoms. The molecule has 0 saturated heterocycles. The molecular formula is C20H19FN2O. The molecule has 0 aliphatic carbocycles. The molecule has 0 fully saturated rings. The Labute approximate surface area is 140 Å². The second-order valence-corrected chi connectivity index (χ2v) is 5.76. The molecule has 2 aromatic carbocycles. The average Bonchev–Trinajstić information content (AvgIpc) is 2.88. The van der Waals surface area contributed by atoms with Crippen LogP contribution in [-0.4, -0.2) is 10.5 Å². The van der Waals surface area contributed by atoms with E-state index in [2.05, 4.69) is 28.1 Å². The zero-order valence-corrected chi connectivity index (χ0v) is 13.7. The maximum Gasteiger partial charge on any atom is 0.251 e. The van der Waals surface area contributed by atoms with Crippen LogP contribution in [-0.2, 0) is 6.54 Å². The summed E-state index contributed by atoms with van der Waals surface area (Å²) in [6.07, 6.45) is 0. The number of carbonyl (C=O) groups is 1. The van der Waals surface area contributed by atoms with Crippen LogP contribution < -0.4 is 5.32 Å². The van der Waals surface area contributed by atoms with Crippen molar-refractivity contribution in [3.8, 4) is 5.69 Å². The molecule has 0 atom stereocenters. The minimum absolute atomic E-state index is 0.209. The summed E-state index contributed by atoms with van der Waals surface area (Å²) in [5.41, 5.74) is 4.83. The van der Waals surface area contributed by atoms with Gasteiger partial charge in [-0.25, -0.2) is 4.39 Å². The monoisotopic (exact) mass is 322 g/mol. The number of aryl methyl sites for hydroxylation is 1. The lowest BCUT2D eigenvalue weighted by molar-refractivity contribution is 0.0951. The minimum atomic E-state index is -0.349. The number of hydrogen-bond acceptors (Lipinski definition) is 1. The van der Waals surface area contributed by atoms with Crippen LogP contribution in [0, 0.1) is 19.7 Å². The first-order valence-electron chi connectivity index (χ1n) is 7.83. The van der Waals surface area contributed by atoms with Crippen molar-refractivity contribution in [1.82, 2.24) is 9.88 Å². The van der Waals surface area contributed by atoms with Gasteiger partial charge in [-0.05, 0) is 61.9 Å². The molecule has 24 heavy (non-hydrogen) atoms. The van der Waals surface area contributed by atoms with Crippen molar-refractivity contribution in [2.45, 2.75) is 20.4 Å². The van der Waals surface area contributed by atoms with Crippen LogP contribution in [0.2, 0.25) is 0 Å². The van der Waals surface area contributed by atoms with E-state index in [4.69, 9.17) is 0 Å². The van der Waals surface area contributed by atoms with Crippen molar-refractivity contribution >= 4 is 5.91 Å². The van der Waals surface area contributed by atoms with Crippen LogP contribution in [0.4, 0.5) is 4.39 Å². The third-order valence-electron chi connectivity index (χ3n) is 4.10. The van der Waals surface area contributed by atoms with Gasteiger partial charge in [0.15, 0.2) is 0 Å². The highest BCUT2D eigenvalue weighted by Gasteiger charge is 2.12. The Morgan fingerprint density at radius 2 is 1.71 bits per heavy atom. The molecule has 3 aromatic rings. The first-order chi connectivity index (χ1) is 11.6. The number of nitrogens with zero attached hydrogens (tertiary/aromatic N) is 1. The van der Waals surface area contributed by atoms with Crippen LogP contribution >= 0.6 is 0 Å². The highest BCUT2D eigenvalue weighted by atomic mass is 19.1. The smallest absolute Gasteiger partial charge is 0.251 e. The van der Waals surface area contributed by atoms with E-state index in [9.17, 15) is 9.18 Å². The van der Waals surface area contributed by atoms with Gasteiger partial charge in [0, 0.05) is 29.2 Å². The molecule has 4 heteroatoms. The van der Waals surface area contributed by atoms with Gasteiger partial charge in [0.05, 0.1) is 0 Å². The summed E-state index contributed by atoms with van der Waals surface area (Å²) in [5, 5.41) is 2.89. The van der Waals surface area contributed by atoms with Crippen LogP contribution in [0.25, 0.3) is 5.69 Å². The average molecular weight is 322 g/mol. The van der Waals surface area contributed by atoms with Crippen LogP contribution in [0.15, 0.2) is 60.7 Å². The summed E-state index contributed by atoms with van der Waals surface area (Å²) in [6, 6.07) is 17.7. The van der Waals surface area contributed by atoms with E-state index >= 15 is 0 Å². The van der Waals surface area contributed by atoms with Gasteiger partial charge in [0.2, 0.25) is 0 Å². The lowest BCUT2D eigenvalue weighted by Crippen LogP contribution is -2.23. The van der Waals surface area contributed by atoms with Crippen molar-refractivity contribution < 1.29 is 9.18 Å². The number of amides is 1. The highest BCUT2D eigenvalue weighted by molar-refractivity contribution is 5.94. The van der Waals surface area contributed by atoms with E-state index in [-0.39, 0.29) is 11.7 Å². The van der Waals surface area contributed by atoms with Crippen molar-refractivity contribution in [3.05, 3.63) is 89.0 Å². The summed E-state index contributed by atoms with van der Waals surface area (Å²) in [4.78, 5) is 12.2. The molecule has 1 N–H and O–H groups in total. The lowest BCUT2D eigenvalue weighted by Gasteiger charge is -2.10. The maximum absolute atomic E-state index is 12.9. The predicted octanol–water partition coefficient (Wildman–Crippen LogP) is 4.16. The number of rotatable bonds is 4. The number of hydrogen-bond donors (Lipinski definition) is 1. The zero-order chi connectivity index (χ0) is 17.1. The van der Waals surface area contributed by atoms with Gasteiger partial charge in [-0.3, -0.25) is 4.79 Å². The summed E-state index contributed by atoms with van der Waals surface area (Å²) in [6.45, 7) is 4.52. The summed E-state index contributed by atoms with van der Waals surface area (Å²) < 4.78 is 15.1. The number of carbonyl (C=O) groups excluding carboxylic acids is 1. The second-order valence-electron chi connectivity index (χ2n) is 5.76. The molecule has 0 radical (unpaired) electrons. The Kier molecular flexibility index (Phi) is 4.47. The topological polar surface area (TPSA) is 34.0 Å². The van der Waals surface area contributed by atoms with E-state index in [0.717, 1.165) is 22.6 Å². The largest absolute Gasteiger partial charge is 0.348 e. The Balaban J connectivity index is 1.77. The van der Waals surface area contributed by atoms with Gasteiger partial charge in [-0.2, -0.15) is 0 Å². The van der Waals surface area contributed by atoms with Gasteiger partial charge >= 0.3 is 0 Å². The molecule has 1 amide bonds. The Hall–Kier alpha value is -2.88. The molecule has 1 heterocycles. The fourth-order valence-corrected chi connectivity index (χ4v) is 2.86. The number of benzene rings is 2. The van der Waals surface area contributed by atoms with Gasteiger partial charge in [0.1, 0.15) is 5.82 Å². The van der Waals surface area contributed by atoms with Crippen molar-refractivity contribution in [2.24, 2.45) is 0 Å².